The first-order valence-corrected chi connectivity index (χ1v) is 14.2. The van der Waals surface area contributed by atoms with Crippen LogP contribution in [-0.2, 0) is 12.8 Å². The lowest BCUT2D eigenvalue weighted by Gasteiger charge is -2.46. The molecule has 0 aliphatic carbocycles. The lowest BCUT2D eigenvalue weighted by Crippen LogP contribution is -2.66. The lowest BCUT2D eigenvalue weighted by molar-refractivity contribution is -0.230. The third kappa shape index (κ3) is 8.90. The molecule has 0 aliphatic rings. The topological polar surface area (TPSA) is 140 Å². The smallest absolute Gasteiger partial charge is 0.126 e. The Labute approximate surface area is 232 Å². The Kier molecular flexibility index (Phi) is 13.7. The van der Waals surface area contributed by atoms with Crippen molar-refractivity contribution in [2.75, 3.05) is 19.8 Å². The van der Waals surface area contributed by atoms with E-state index < -0.39 is 36.1 Å². The molecule has 0 saturated carbocycles. The molecule has 2 aromatic rings. The second-order valence-electron chi connectivity index (χ2n) is 10.4. The molecular formula is C31H48O8. The number of rotatable bonds is 19. The maximum atomic E-state index is 12.0. The molecule has 0 spiro atoms. The van der Waals surface area contributed by atoms with E-state index in [9.17, 15) is 30.6 Å². The fraction of sp³-hybridized carbons (Fsp3) is 0.613. The van der Waals surface area contributed by atoms with Gasteiger partial charge in [0, 0.05) is 12.8 Å². The maximum absolute atomic E-state index is 12.0. The summed E-state index contributed by atoms with van der Waals surface area (Å²) in [4.78, 5) is 0. The number of ether oxygens (including phenoxy) is 2. The van der Waals surface area contributed by atoms with Crippen LogP contribution < -0.4 is 9.47 Å². The average molecular weight is 549 g/mol. The molecule has 39 heavy (non-hydrogen) atoms. The molecule has 2 aromatic carbocycles. The second kappa shape index (κ2) is 16.2. The van der Waals surface area contributed by atoms with Gasteiger partial charge in [-0.3, -0.25) is 0 Å². The van der Waals surface area contributed by atoms with E-state index in [2.05, 4.69) is 6.92 Å². The molecule has 0 fully saturated rings. The van der Waals surface area contributed by atoms with Crippen molar-refractivity contribution in [3.8, 4) is 11.5 Å². The van der Waals surface area contributed by atoms with Crippen molar-refractivity contribution in [2.45, 2.75) is 102 Å². The van der Waals surface area contributed by atoms with E-state index in [1.54, 1.807) is 42.5 Å². The zero-order valence-corrected chi connectivity index (χ0v) is 23.6. The Hall–Kier alpha value is -2.20. The summed E-state index contributed by atoms with van der Waals surface area (Å²) in [6.45, 7) is 6.05. The van der Waals surface area contributed by atoms with E-state index >= 15 is 0 Å². The molecule has 0 aromatic heterocycles. The van der Waals surface area contributed by atoms with Crippen LogP contribution in [0.1, 0.15) is 70.4 Å². The quantitative estimate of drug-likeness (QED) is 0.147. The largest absolute Gasteiger partial charge is 0.493 e. The Balaban J connectivity index is 2.50. The first-order chi connectivity index (χ1) is 18.7. The van der Waals surface area contributed by atoms with E-state index in [4.69, 9.17) is 9.47 Å². The summed E-state index contributed by atoms with van der Waals surface area (Å²) >= 11 is 0. The number of aliphatic hydroxyl groups is 6. The van der Waals surface area contributed by atoms with Crippen LogP contribution in [0.3, 0.4) is 0 Å². The number of hydrogen-bond acceptors (Lipinski definition) is 8. The van der Waals surface area contributed by atoms with Crippen LogP contribution in [0.2, 0.25) is 0 Å². The number of aliphatic hydroxyl groups excluding tert-OH is 4. The molecule has 6 N–H and O–H groups in total. The summed E-state index contributed by atoms with van der Waals surface area (Å²) in [5.41, 5.74) is -3.20. The van der Waals surface area contributed by atoms with E-state index in [0.29, 0.717) is 42.3 Å². The normalized spacial score (nSPS) is 17.1. The van der Waals surface area contributed by atoms with E-state index in [1.165, 1.54) is 0 Å². The molecule has 0 saturated heterocycles. The van der Waals surface area contributed by atoms with Gasteiger partial charge >= 0.3 is 0 Å². The van der Waals surface area contributed by atoms with Crippen LogP contribution in [0, 0.1) is 0 Å². The Morgan fingerprint density at radius 2 is 1.21 bits per heavy atom. The van der Waals surface area contributed by atoms with Crippen LogP contribution in [0.4, 0.5) is 0 Å². The van der Waals surface area contributed by atoms with Crippen molar-refractivity contribution in [3.63, 3.8) is 0 Å². The van der Waals surface area contributed by atoms with Gasteiger partial charge in [-0.25, -0.2) is 0 Å². The van der Waals surface area contributed by atoms with Gasteiger partial charge in [0.05, 0.1) is 25.4 Å². The SMILES string of the molecule is CCCCOc1ccccc1CC(O)(CCC)[C@@H](O)[C@@](O)(Cc1ccccc1OCCCC)[C@H](O)[C@@H](O)CO. The van der Waals surface area contributed by atoms with Crippen LogP contribution in [0.5, 0.6) is 11.5 Å². The Morgan fingerprint density at radius 1 is 0.718 bits per heavy atom. The van der Waals surface area contributed by atoms with Gasteiger partial charge in [-0.1, -0.05) is 76.4 Å². The van der Waals surface area contributed by atoms with Gasteiger partial charge in [-0.15, -0.1) is 0 Å². The zero-order chi connectivity index (χ0) is 28.9. The van der Waals surface area contributed by atoms with Crippen molar-refractivity contribution in [1.82, 2.24) is 0 Å². The Bertz CT molecular complexity index is 969. The standard InChI is InChI=1S/C31H48O8/c1-4-7-18-38-26-15-11-9-13-23(26)20-30(36,17-6-3)29(35)31(37,28(34)25(33)22-32)21-24-14-10-12-16-27(24)39-19-8-5-2/h9-16,25,28-29,32-37H,4-8,17-22H2,1-3H3/t25-,28+,29+,30?,31+/m0/s1. The first kappa shape index (κ1) is 33.0. The fourth-order valence-corrected chi connectivity index (χ4v) is 4.89. The molecule has 8 heteroatoms. The van der Waals surface area contributed by atoms with Gasteiger partial charge in [0.1, 0.15) is 35.4 Å². The predicted octanol–water partition coefficient (Wildman–Crippen LogP) is 3.17. The highest BCUT2D eigenvalue weighted by Gasteiger charge is 2.54. The summed E-state index contributed by atoms with van der Waals surface area (Å²) in [6, 6.07) is 14.2. The molecule has 220 valence electrons. The summed E-state index contributed by atoms with van der Waals surface area (Å²) < 4.78 is 11.8. The van der Waals surface area contributed by atoms with Crippen molar-refractivity contribution >= 4 is 0 Å². The number of hydrogen-bond donors (Lipinski definition) is 6. The van der Waals surface area contributed by atoms with Crippen LogP contribution in [-0.4, -0.2) is 80.0 Å². The van der Waals surface area contributed by atoms with Gasteiger partial charge in [0.25, 0.3) is 0 Å². The number of unbranched alkanes of at least 4 members (excludes halogenated alkanes) is 2. The molecular weight excluding hydrogens is 500 g/mol. The number of benzene rings is 2. The fourth-order valence-electron chi connectivity index (χ4n) is 4.89. The third-order valence-corrected chi connectivity index (χ3v) is 7.16. The molecule has 0 amide bonds. The van der Waals surface area contributed by atoms with E-state index in [0.717, 1.165) is 25.7 Å². The van der Waals surface area contributed by atoms with E-state index in [1.807, 2.05) is 19.9 Å². The zero-order valence-electron chi connectivity index (χ0n) is 23.6. The number of para-hydroxylation sites is 2. The Morgan fingerprint density at radius 3 is 1.67 bits per heavy atom. The molecule has 1 unspecified atom stereocenters. The summed E-state index contributed by atoms with van der Waals surface area (Å²) in [5.74, 6) is 1.04. The summed E-state index contributed by atoms with van der Waals surface area (Å²) in [5, 5.41) is 66.7. The van der Waals surface area contributed by atoms with Crippen molar-refractivity contribution in [3.05, 3.63) is 59.7 Å². The average Bonchev–Trinajstić information content (AvgIpc) is 2.94. The molecule has 0 aliphatic heterocycles. The maximum Gasteiger partial charge on any atom is 0.126 e. The minimum Gasteiger partial charge on any atom is -0.493 e. The van der Waals surface area contributed by atoms with Crippen LogP contribution in [0.15, 0.2) is 48.5 Å². The lowest BCUT2D eigenvalue weighted by atomic mass is 9.71. The van der Waals surface area contributed by atoms with Crippen LogP contribution >= 0.6 is 0 Å². The first-order valence-electron chi connectivity index (χ1n) is 14.2. The summed E-state index contributed by atoms with van der Waals surface area (Å²) in [7, 11) is 0. The summed E-state index contributed by atoms with van der Waals surface area (Å²) in [6.07, 6.45) is -1.90. The van der Waals surface area contributed by atoms with Gasteiger partial charge in [0.2, 0.25) is 0 Å². The van der Waals surface area contributed by atoms with Gasteiger partial charge < -0.3 is 40.1 Å². The third-order valence-electron chi connectivity index (χ3n) is 7.16. The highest BCUT2D eigenvalue weighted by Crippen LogP contribution is 2.38. The molecule has 8 nitrogen and oxygen atoms in total. The molecule has 5 atom stereocenters. The molecule has 0 radical (unpaired) electrons. The highest BCUT2D eigenvalue weighted by molar-refractivity contribution is 5.37. The monoisotopic (exact) mass is 548 g/mol. The van der Waals surface area contributed by atoms with E-state index in [-0.39, 0.29) is 19.3 Å². The minimum atomic E-state index is -2.44. The van der Waals surface area contributed by atoms with Crippen molar-refractivity contribution in [1.29, 1.82) is 0 Å². The minimum absolute atomic E-state index is 0.0663. The van der Waals surface area contributed by atoms with Crippen LogP contribution in [0.25, 0.3) is 0 Å². The molecule has 0 bridgehead atoms. The van der Waals surface area contributed by atoms with Crippen molar-refractivity contribution in [2.24, 2.45) is 0 Å². The van der Waals surface area contributed by atoms with Crippen molar-refractivity contribution < 1.29 is 40.1 Å². The van der Waals surface area contributed by atoms with Gasteiger partial charge in [-0.2, -0.15) is 0 Å². The van der Waals surface area contributed by atoms with Gasteiger partial charge in [0.15, 0.2) is 0 Å². The molecule has 0 heterocycles. The highest BCUT2D eigenvalue weighted by atomic mass is 16.5. The predicted molar refractivity (Wildman–Crippen MR) is 151 cm³/mol. The second-order valence-corrected chi connectivity index (χ2v) is 10.4. The molecule has 2 rings (SSSR count). The van der Waals surface area contributed by atoms with Gasteiger partial charge in [-0.05, 0) is 42.5 Å².